The molecule has 1 fully saturated rings. The van der Waals surface area contributed by atoms with Crippen molar-refractivity contribution in [3.63, 3.8) is 0 Å². The molecule has 20 heavy (non-hydrogen) atoms. The van der Waals surface area contributed by atoms with Gasteiger partial charge in [0.25, 0.3) is 5.91 Å². The van der Waals surface area contributed by atoms with Crippen LogP contribution in [0.5, 0.6) is 0 Å². The molecule has 0 unspecified atom stereocenters. The van der Waals surface area contributed by atoms with Crippen molar-refractivity contribution in [3.8, 4) is 0 Å². The zero-order valence-electron chi connectivity index (χ0n) is 11.5. The van der Waals surface area contributed by atoms with E-state index in [1.165, 1.54) is 17.8 Å². The van der Waals surface area contributed by atoms with E-state index in [-0.39, 0.29) is 5.91 Å². The number of thiazole rings is 1. The summed E-state index contributed by atoms with van der Waals surface area (Å²) < 4.78 is 1.74. The number of carbonyl (C=O) groups excluding carboxylic acids is 1. The smallest absolute Gasteiger partial charge is 0.269 e. The molecular weight excluding hydrogens is 272 g/mol. The monoisotopic (exact) mass is 290 g/mol. The Morgan fingerprint density at radius 1 is 1.55 bits per heavy atom. The molecule has 1 amide bonds. The minimum absolute atomic E-state index is 0.0862. The predicted molar refractivity (Wildman–Crippen MR) is 77.8 cm³/mol. The molecule has 106 valence electrons. The number of hydrogen-bond donors (Lipinski definition) is 1. The van der Waals surface area contributed by atoms with Crippen LogP contribution in [-0.2, 0) is 13.1 Å². The molecule has 0 aromatic carbocycles. The van der Waals surface area contributed by atoms with Crippen LogP contribution in [0.1, 0.15) is 53.3 Å². The zero-order chi connectivity index (χ0) is 13.9. The van der Waals surface area contributed by atoms with Crippen molar-refractivity contribution < 1.29 is 4.79 Å². The second kappa shape index (κ2) is 5.75. The van der Waals surface area contributed by atoms with E-state index < -0.39 is 0 Å². The Balaban J connectivity index is 1.59. The Morgan fingerprint density at radius 3 is 3.15 bits per heavy atom. The fraction of sp³-hybridized carbons (Fsp3) is 0.500. The highest BCUT2D eigenvalue weighted by Gasteiger charge is 2.26. The van der Waals surface area contributed by atoms with Gasteiger partial charge in [-0.1, -0.05) is 6.92 Å². The Hall–Kier alpha value is -1.69. The molecule has 2 heterocycles. The maximum absolute atomic E-state index is 12.1. The van der Waals surface area contributed by atoms with Crippen LogP contribution in [0.2, 0.25) is 0 Å². The first-order valence-electron chi connectivity index (χ1n) is 7.02. The van der Waals surface area contributed by atoms with E-state index >= 15 is 0 Å². The standard InChI is InChI=1S/C14H18N4OS/c1-2-7-18-12(5-6-16-18)13(19)15-8-11-9-20-14(17-11)10-3-4-10/h5-6,9-10H,2-4,7-8H2,1H3,(H,15,19). The van der Waals surface area contributed by atoms with E-state index in [9.17, 15) is 4.79 Å². The topological polar surface area (TPSA) is 59.8 Å². The summed E-state index contributed by atoms with van der Waals surface area (Å²) in [6, 6.07) is 1.75. The molecular formula is C14H18N4OS. The number of carbonyl (C=O) groups is 1. The number of amides is 1. The first-order chi connectivity index (χ1) is 9.78. The summed E-state index contributed by atoms with van der Waals surface area (Å²) in [5, 5.41) is 10.3. The van der Waals surface area contributed by atoms with Gasteiger partial charge < -0.3 is 5.32 Å². The highest BCUT2D eigenvalue weighted by Crippen LogP contribution is 2.41. The molecule has 1 aliphatic rings. The number of aromatic nitrogens is 3. The van der Waals surface area contributed by atoms with Gasteiger partial charge in [-0.05, 0) is 25.3 Å². The molecule has 1 saturated carbocycles. The van der Waals surface area contributed by atoms with E-state index in [1.54, 1.807) is 28.3 Å². The molecule has 0 atom stereocenters. The average Bonchev–Trinajstić information content (AvgIpc) is 3.01. The van der Waals surface area contributed by atoms with Crippen molar-refractivity contribution in [1.29, 1.82) is 0 Å². The van der Waals surface area contributed by atoms with E-state index in [1.807, 2.05) is 5.38 Å². The summed E-state index contributed by atoms with van der Waals surface area (Å²) in [5.41, 5.74) is 1.57. The molecule has 0 saturated heterocycles. The van der Waals surface area contributed by atoms with Crippen LogP contribution in [0.15, 0.2) is 17.6 Å². The lowest BCUT2D eigenvalue weighted by Crippen LogP contribution is -2.26. The zero-order valence-corrected chi connectivity index (χ0v) is 12.3. The van der Waals surface area contributed by atoms with Crippen LogP contribution < -0.4 is 5.32 Å². The second-order valence-corrected chi connectivity index (χ2v) is 5.96. The number of rotatable bonds is 6. The molecule has 6 heteroatoms. The molecule has 3 rings (SSSR count). The Kier molecular flexibility index (Phi) is 3.82. The van der Waals surface area contributed by atoms with E-state index in [0.29, 0.717) is 18.2 Å². The van der Waals surface area contributed by atoms with Crippen LogP contribution in [0, 0.1) is 0 Å². The van der Waals surface area contributed by atoms with Crippen LogP contribution in [0.3, 0.4) is 0 Å². The van der Waals surface area contributed by atoms with Gasteiger partial charge in [0.1, 0.15) is 5.69 Å². The minimum atomic E-state index is -0.0862. The van der Waals surface area contributed by atoms with Crippen LogP contribution in [0.4, 0.5) is 0 Å². The highest BCUT2D eigenvalue weighted by atomic mass is 32.1. The Bertz CT molecular complexity index is 600. The van der Waals surface area contributed by atoms with E-state index in [2.05, 4.69) is 22.3 Å². The van der Waals surface area contributed by atoms with Crippen molar-refractivity contribution in [2.75, 3.05) is 0 Å². The molecule has 0 radical (unpaired) electrons. The third-order valence-electron chi connectivity index (χ3n) is 3.31. The van der Waals surface area contributed by atoms with Crippen LogP contribution in [0.25, 0.3) is 0 Å². The highest BCUT2D eigenvalue weighted by molar-refractivity contribution is 7.09. The number of hydrogen-bond acceptors (Lipinski definition) is 4. The van der Waals surface area contributed by atoms with Gasteiger partial charge in [0.2, 0.25) is 0 Å². The molecule has 5 nitrogen and oxygen atoms in total. The fourth-order valence-corrected chi connectivity index (χ4v) is 3.09. The maximum Gasteiger partial charge on any atom is 0.269 e. The number of aryl methyl sites for hydroxylation is 1. The first kappa shape index (κ1) is 13.3. The van der Waals surface area contributed by atoms with Crippen molar-refractivity contribution in [1.82, 2.24) is 20.1 Å². The third-order valence-corrected chi connectivity index (χ3v) is 4.37. The molecule has 2 aromatic heterocycles. The lowest BCUT2D eigenvalue weighted by atomic mass is 10.3. The summed E-state index contributed by atoms with van der Waals surface area (Å²) in [6.45, 7) is 3.32. The summed E-state index contributed by atoms with van der Waals surface area (Å²) in [7, 11) is 0. The van der Waals surface area contributed by atoms with Gasteiger partial charge in [0.05, 0.1) is 17.2 Å². The van der Waals surface area contributed by atoms with Gasteiger partial charge in [-0.2, -0.15) is 5.10 Å². The minimum Gasteiger partial charge on any atom is -0.345 e. The van der Waals surface area contributed by atoms with E-state index in [0.717, 1.165) is 18.7 Å². The molecule has 0 spiro atoms. The summed E-state index contributed by atoms with van der Waals surface area (Å²) >= 11 is 1.70. The quantitative estimate of drug-likeness (QED) is 0.889. The maximum atomic E-state index is 12.1. The predicted octanol–water partition coefficient (Wildman–Crippen LogP) is 2.56. The molecule has 0 aliphatic heterocycles. The average molecular weight is 290 g/mol. The lowest BCUT2D eigenvalue weighted by Gasteiger charge is -2.06. The lowest BCUT2D eigenvalue weighted by molar-refractivity contribution is 0.0939. The van der Waals surface area contributed by atoms with Gasteiger partial charge in [0.15, 0.2) is 0 Å². The first-order valence-corrected chi connectivity index (χ1v) is 7.90. The van der Waals surface area contributed by atoms with Gasteiger partial charge in [-0.3, -0.25) is 9.48 Å². The normalized spacial score (nSPS) is 14.4. The van der Waals surface area contributed by atoms with Crippen LogP contribution >= 0.6 is 11.3 Å². The third kappa shape index (κ3) is 2.90. The number of nitrogens with zero attached hydrogens (tertiary/aromatic N) is 3. The van der Waals surface area contributed by atoms with Gasteiger partial charge in [-0.15, -0.1) is 11.3 Å². The van der Waals surface area contributed by atoms with Crippen molar-refractivity contribution in [2.24, 2.45) is 0 Å². The van der Waals surface area contributed by atoms with Crippen molar-refractivity contribution in [3.05, 3.63) is 34.0 Å². The van der Waals surface area contributed by atoms with Crippen molar-refractivity contribution >= 4 is 17.2 Å². The molecule has 2 aromatic rings. The Labute approximate surface area is 122 Å². The summed E-state index contributed by atoms with van der Waals surface area (Å²) in [5.74, 6) is 0.590. The van der Waals surface area contributed by atoms with Gasteiger partial charge in [0, 0.05) is 24.0 Å². The molecule has 1 N–H and O–H groups in total. The van der Waals surface area contributed by atoms with Crippen LogP contribution in [-0.4, -0.2) is 20.7 Å². The Morgan fingerprint density at radius 2 is 2.40 bits per heavy atom. The summed E-state index contributed by atoms with van der Waals surface area (Å²) in [4.78, 5) is 16.7. The van der Waals surface area contributed by atoms with E-state index in [4.69, 9.17) is 0 Å². The van der Waals surface area contributed by atoms with Gasteiger partial charge >= 0.3 is 0 Å². The summed E-state index contributed by atoms with van der Waals surface area (Å²) in [6.07, 6.45) is 5.14. The fourth-order valence-electron chi connectivity index (χ4n) is 2.10. The molecule has 0 bridgehead atoms. The SMILES string of the molecule is CCCn1nccc1C(=O)NCc1csc(C2CC2)n1. The number of nitrogens with one attached hydrogen (secondary N) is 1. The van der Waals surface area contributed by atoms with Gasteiger partial charge in [-0.25, -0.2) is 4.98 Å². The largest absolute Gasteiger partial charge is 0.345 e. The molecule has 1 aliphatic carbocycles. The second-order valence-electron chi connectivity index (χ2n) is 5.07. The van der Waals surface area contributed by atoms with Crippen molar-refractivity contribution in [2.45, 2.75) is 45.2 Å².